The maximum absolute atomic E-state index is 12.6. The molecule has 0 spiro atoms. The number of ether oxygens (including phenoxy) is 1. The Morgan fingerprint density at radius 2 is 1.57 bits per heavy atom. The van der Waals surface area contributed by atoms with Gasteiger partial charge < -0.3 is 20.5 Å². The SMILES string of the molecule is CCOC(=O)c1ccc(NC(=O)C(C)Sc2cccc(NC(=O)c3ccccc3C(=O)O)c2)cc1. The lowest BCUT2D eigenvalue weighted by atomic mass is 10.1. The summed E-state index contributed by atoms with van der Waals surface area (Å²) in [7, 11) is 0. The molecule has 35 heavy (non-hydrogen) atoms. The molecule has 1 atom stereocenters. The van der Waals surface area contributed by atoms with Crippen molar-refractivity contribution in [1.82, 2.24) is 0 Å². The number of aromatic carboxylic acids is 1. The van der Waals surface area contributed by atoms with Gasteiger partial charge in [0.15, 0.2) is 0 Å². The fourth-order valence-corrected chi connectivity index (χ4v) is 4.05. The molecule has 0 radical (unpaired) electrons. The van der Waals surface area contributed by atoms with Gasteiger partial charge in [0.2, 0.25) is 5.91 Å². The van der Waals surface area contributed by atoms with Crippen LogP contribution in [0.5, 0.6) is 0 Å². The molecule has 8 nitrogen and oxygen atoms in total. The molecule has 0 aliphatic heterocycles. The first-order chi connectivity index (χ1) is 16.8. The van der Waals surface area contributed by atoms with E-state index < -0.39 is 23.1 Å². The number of benzene rings is 3. The molecule has 1 unspecified atom stereocenters. The van der Waals surface area contributed by atoms with E-state index in [1.807, 2.05) is 6.07 Å². The second-order valence-electron chi connectivity index (χ2n) is 7.38. The predicted molar refractivity (Wildman–Crippen MR) is 134 cm³/mol. The third kappa shape index (κ3) is 6.94. The molecule has 0 aliphatic rings. The Bertz CT molecular complexity index is 1240. The van der Waals surface area contributed by atoms with Gasteiger partial charge in [-0.05, 0) is 68.4 Å². The first-order valence-electron chi connectivity index (χ1n) is 10.8. The van der Waals surface area contributed by atoms with Crippen molar-refractivity contribution in [3.05, 3.63) is 89.5 Å². The van der Waals surface area contributed by atoms with Crippen LogP contribution in [0.15, 0.2) is 77.7 Å². The lowest BCUT2D eigenvalue weighted by molar-refractivity contribution is -0.115. The number of carbonyl (C=O) groups is 4. The number of carboxylic acids is 1. The zero-order valence-corrected chi connectivity index (χ0v) is 19.9. The monoisotopic (exact) mass is 492 g/mol. The Kier molecular flexibility index (Phi) is 8.63. The van der Waals surface area contributed by atoms with E-state index in [0.717, 1.165) is 4.90 Å². The van der Waals surface area contributed by atoms with Crippen LogP contribution in [-0.4, -0.2) is 40.7 Å². The van der Waals surface area contributed by atoms with Crippen LogP contribution < -0.4 is 10.6 Å². The second-order valence-corrected chi connectivity index (χ2v) is 8.79. The van der Waals surface area contributed by atoms with E-state index in [0.29, 0.717) is 16.9 Å². The number of carbonyl (C=O) groups excluding carboxylic acids is 3. The Labute approximate surface area is 206 Å². The second kappa shape index (κ2) is 11.8. The first kappa shape index (κ1) is 25.5. The van der Waals surface area contributed by atoms with Crippen LogP contribution in [0.2, 0.25) is 0 Å². The zero-order chi connectivity index (χ0) is 25.4. The molecule has 0 fully saturated rings. The highest BCUT2D eigenvalue weighted by Gasteiger charge is 2.18. The average molecular weight is 493 g/mol. The van der Waals surface area contributed by atoms with Crippen molar-refractivity contribution in [1.29, 1.82) is 0 Å². The van der Waals surface area contributed by atoms with E-state index in [1.54, 1.807) is 68.4 Å². The van der Waals surface area contributed by atoms with Crippen LogP contribution in [0.1, 0.15) is 44.9 Å². The summed E-state index contributed by atoms with van der Waals surface area (Å²) in [4.78, 5) is 49.1. The van der Waals surface area contributed by atoms with E-state index >= 15 is 0 Å². The van der Waals surface area contributed by atoms with Crippen LogP contribution in [0.3, 0.4) is 0 Å². The van der Waals surface area contributed by atoms with Gasteiger partial charge in [0.1, 0.15) is 0 Å². The molecule has 3 aromatic carbocycles. The number of nitrogens with one attached hydrogen (secondary N) is 2. The number of esters is 1. The van der Waals surface area contributed by atoms with Crippen LogP contribution >= 0.6 is 11.8 Å². The zero-order valence-electron chi connectivity index (χ0n) is 19.1. The molecule has 0 saturated carbocycles. The number of anilines is 2. The standard InChI is InChI=1S/C26H24N2O6S/c1-3-34-26(33)17-11-13-18(14-12-17)27-23(29)16(2)35-20-8-6-7-19(15-20)28-24(30)21-9-4-5-10-22(21)25(31)32/h4-16H,3H2,1-2H3,(H,27,29)(H,28,30)(H,31,32). The first-order valence-corrected chi connectivity index (χ1v) is 11.6. The number of rotatable bonds is 9. The molecule has 2 amide bonds. The number of thioether (sulfide) groups is 1. The summed E-state index contributed by atoms with van der Waals surface area (Å²) in [5.74, 6) is -2.38. The molecule has 3 rings (SSSR count). The molecular formula is C26H24N2O6S. The summed E-state index contributed by atoms with van der Waals surface area (Å²) in [5, 5.41) is 14.4. The topological polar surface area (TPSA) is 122 Å². The third-order valence-corrected chi connectivity index (χ3v) is 5.93. The molecular weight excluding hydrogens is 468 g/mol. The summed E-state index contributed by atoms with van der Waals surface area (Å²) >= 11 is 1.30. The summed E-state index contributed by atoms with van der Waals surface area (Å²) in [6, 6.07) is 19.3. The Morgan fingerprint density at radius 1 is 0.886 bits per heavy atom. The molecule has 3 aromatic rings. The predicted octanol–water partition coefficient (Wildman–Crippen LogP) is 4.93. The van der Waals surface area contributed by atoms with Gasteiger partial charge in [-0.2, -0.15) is 0 Å². The van der Waals surface area contributed by atoms with E-state index in [-0.39, 0.29) is 23.6 Å². The molecule has 0 saturated heterocycles. The van der Waals surface area contributed by atoms with Gasteiger partial charge in [0.05, 0.1) is 28.5 Å². The van der Waals surface area contributed by atoms with Crippen LogP contribution in [0.4, 0.5) is 11.4 Å². The van der Waals surface area contributed by atoms with Crippen LogP contribution in [-0.2, 0) is 9.53 Å². The summed E-state index contributed by atoms with van der Waals surface area (Å²) < 4.78 is 4.95. The van der Waals surface area contributed by atoms with Crippen LogP contribution in [0.25, 0.3) is 0 Å². The smallest absolute Gasteiger partial charge is 0.338 e. The Hall–Kier alpha value is -4.11. The number of carboxylic acid groups (broad SMARTS) is 1. The highest BCUT2D eigenvalue weighted by atomic mass is 32.2. The number of amides is 2. The number of hydrogen-bond acceptors (Lipinski definition) is 6. The van der Waals surface area contributed by atoms with Gasteiger partial charge in [-0.1, -0.05) is 18.2 Å². The molecule has 0 bridgehead atoms. The minimum Gasteiger partial charge on any atom is -0.478 e. The minimum atomic E-state index is -1.18. The molecule has 9 heteroatoms. The van der Waals surface area contributed by atoms with E-state index in [4.69, 9.17) is 4.74 Å². The van der Waals surface area contributed by atoms with E-state index in [2.05, 4.69) is 10.6 Å². The molecule has 3 N–H and O–H groups in total. The van der Waals surface area contributed by atoms with Gasteiger partial charge in [0, 0.05) is 16.3 Å². The van der Waals surface area contributed by atoms with Gasteiger partial charge in [0.25, 0.3) is 5.91 Å². The van der Waals surface area contributed by atoms with Gasteiger partial charge in [-0.3, -0.25) is 9.59 Å². The minimum absolute atomic E-state index is 0.0553. The summed E-state index contributed by atoms with van der Waals surface area (Å²) in [6.07, 6.45) is 0. The summed E-state index contributed by atoms with van der Waals surface area (Å²) in [6.45, 7) is 3.77. The maximum atomic E-state index is 12.6. The highest BCUT2D eigenvalue weighted by Crippen LogP contribution is 2.27. The van der Waals surface area contributed by atoms with Crippen LogP contribution in [0, 0.1) is 0 Å². The van der Waals surface area contributed by atoms with Crippen molar-refractivity contribution in [2.24, 2.45) is 0 Å². The summed E-state index contributed by atoms with van der Waals surface area (Å²) in [5.41, 5.74) is 1.39. The molecule has 0 heterocycles. The van der Waals surface area contributed by atoms with E-state index in [1.165, 1.54) is 23.9 Å². The molecule has 180 valence electrons. The Morgan fingerprint density at radius 3 is 2.23 bits per heavy atom. The Balaban J connectivity index is 1.62. The van der Waals surface area contributed by atoms with Crippen molar-refractivity contribution in [2.45, 2.75) is 24.0 Å². The quantitative estimate of drug-likeness (QED) is 0.286. The number of hydrogen-bond donors (Lipinski definition) is 3. The molecule has 0 aliphatic carbocycles. The van der Waals surface area contributed by atoms with E-state index in [9.17, 15) is 24.3 Å². The van der Waals surface area contributed by atoms with Crippen molar-refractivity contribution in [3.63, 3.8) is 0 Å². The normalized spacial score (nSPS) is 11.3. The van der Waals surface area contributed by atoms with Crippen molar-refractivity contribution in [3.8, 4) is 0 Å². The maximum Gasteiger partial charge on any atom is 0.338 e. The van der Waals surface area contributed by atoms with Crippen molar-refractivity contribution >= 4 is 46.9 Å². The largest absolute Gasteiger partial charge is 0.478 e. The average Bonchev–Trinajstić information content (AvgIpc) is 2.84. The molecule has 0 aromatic heterocycles. The third-order valence-electron chi connectivity index (χ3n) is 4.84. The van der Waals surface area contributed by atoms with Gasteiger partial charge in [-0.15, -0.1) is 11.8 Å². The lowest BCUT2D eigenvalue weighted by Gasteiger charge is -2.13. The fourth-order valence-electron chi connectivity index (χ4n) is 3.12. The van der Waals surface area contributed by atoms with Crippen molar-refractivity contribution < 1.29 is 29.0 Å². The van der Waals surface area contributed by atoms with Gasteiger partial charge >= 0.3 is 11.9 Å². The van der Waals surface area contributed by atoms with Crippen molar-refractivity contribution in [2.75, 3.05) is 17.2 Å². The fraction of sp³-hybridized carbons (Fsp3) is 0.154. The van der Waals surface area contributed by atoms with Gasteiger partial charge in [-0.25, -0.2) is 9.59 Å². The highest BCUT2D eigenvalue weighted by molar-refractivity contribution is 8.00. The lowest BCUT2D eigenvalue weighted by Crippen LogP contribution is -2.22.